The Kier molecular flexibility index (Phi) is 4.29. The van der Waals surface area contributed by atoms with Crippen molar-refractivity contribution in [1.29, 1.82) is 5.26 Å². The van der Waals surface area contributed by atoms with Gasteiger partial charge in [0.2, 0.25) is 0 Å². The molecule has 0 bridgehead atoms. The Bertz CT molecular complexity index is 310. The first kappa shape index (κ1) is 13.8. The number of rotatable bonds is 1. The normalized spacial score (nSPS) is 34.3. The molecular weight excluding hydrogens is 222 g/mol. The first-order valence-corrected chi connectivity index (χ1v) is 7.45. The minimum Gasteiger partial charge on any atom is -0.315 e. The van der Waals surface area contributed by atoms with E-state index in [4.69, 9.17) is 0 Å². The van der Waals surface area contributed by atoms with E-state index < -0.39 is 0 Å². The van der Waals surface area contributed by atoms with Gasteiger partial charge in [0.1, 0.15) is 5.54 Å². The van der Waals surface area contributed by atoms with Crippen molar-refractivity contribution in [2.75, 3.05) is 26.2 Å². The fourth-order valence-corrected chi connectivity index (χ4v) is 3.43. The molecule has 2 rings (SSSR count). The molecule has 0 aromatic heterocycles. The summed E-state index contributed by atoms with van der Waals surface area (Å²) in [6, 6.07) is 2.69. The minimum atomic E-state index is -0.181. The van der Waals surface area contributed by atoms with Crippen LogP contribution < -0.4 is 5.32 Å². The van der Waals surface area contributed by atoms with Crippen LogP contribution in [0.4, 0.5) is 0 Å². The van der Waals surface area contributed by atoms with Crippen LogP contribution in [-0.4, -0.2) is 36.6 Å². The van der Waals surface area contributed by atoms with Gasteiger partial charge in [-0.1, -0.05) is 20.3 Å². The van der Waals surface area contributed by atoms with E-state index in [0.29, 0.717) is 5.41 Å². The molecule has 1 N–H and O–H groups in total. The first-order chi connectivity index (χ1) is 8.58. The highest BCUT2D eigenvalue weighted by atomic mass is 15.2. The molecule has 0 aromatic rings. The Labute approximate surface area is 112 Å². The molecule has 3 nitrogen and oxygen atoms in total. The molecule has 0 radical (unpaired) electrons. The average molecular weight is 249 g/mol. The standard InChI is InChI=1S/C15H27N3/c1-14(2)5-3-6-15(13-16,8-7-14)18-11-4-9-17-10-12-18/h17H,3-12H2,1-2H3. The monoisotopic (exact) mass is 249 g/mol. The van der Waals surface area contributed by atoms with E-state index in [1.54, 1.807) is 0 Å². The van der Waals surface area contributed by atoms with Gasteiger partial charge in [-0.05, 0) is 44.1 Å². The largest absolute Gasteiger partial charge is 0.315 e. The first-order valence-electron chi connectivity index (χ1n) is 7.45. The summed E-state index contributed by atoms with van der Waals surface area (Å²) in [4.78, 5) is 2.47. The molecule has 0 aromatic carbocycles. The lowest BCUT2D eigenvalue weighted by molar-refractivity contribution is 0.125. The van der Waals surface area contributed by atoms with E-state index in [2.05, 4.69) is 30.1 Å². The number of nitriles is 1. The summed E-state index contributed by atoms with van der Waals surface area (Å²) in [5.74, 6) is 0. The molecule has 1 aliphatic carbocycles. The van der Waals surface area contributed by atoms with Crippen molar-refractivity contribution in [3.05, 3.63) is 0 Å². The van der Waals surface area contributed by atoms with Crippen molar-refractivity contribution in [3.63, 3.8) is 0 Å². The molecule has 1 saturated heterocycles. The van der Waals surface area contributed by atoms with Crippen LogP contribution in [-0.2, 0) is 0 Å². The smallest absolute Gasteiger partial charge is 0.109 e. The Morgan fingerprint density at radius 3 is 2.61 bits per heavy atom. The summed E-state index contributed by atoms with van der Waals surface area (Å²) in [6.45, 7) is 8.96. The van der Waals surface area contributed by atoms with Crippen molar-refractivity contribution in [2.24, 2.45) is 5.41 Å². The lowest BCUT2D eigenvalue weighted by Gasteiger charge is -2.38. The summed E-state index contributed by atoms with van der Waals surface area (Å²) in [5, 5.41) is 13.2. The molecule has 1 saturated carbocycles. The lowest BCUT2D eigenvalue weighted by atomic mass is 9.83. The highest BCUT2D eigenvalue weighted by Gasteiger charge is 2.40. The van der Waals surface area contributed by atoms with Crippen LogP contribution in [0.3, 0.4) is 0 Å². The SMILES string of the molecule is CC1(C)CCCC(C#N)(N2CCCNCC2)CC1. The van der Waals surface area contributed by atoms with Gasteiger partial charge in [0.15, 0.2) is 0 Å². The van der Waals surface area contributed by atoms with E-state index >= 15 is 0 Å². The number of hydrogen-bond donors (Lipinski definition) is 1. The van der Waals surface area contributed by atoms with E-state index in [0.717, 1.165) is 39.0 Å². The van der Waals surface area contributed by atoms with Gasteiger partial charge < -0.3 is 5.32 Å². The van der Waals surface area contributed by atoms with Crippen molar-refractivity contribution in [2.45, 2.75) is 57.9 Å². The quantitative estimate of drug-likeness (QED) is 0.726. The molecule has 18 heavy (non-hydrogen) atoms. The van der Waals surface area contributed by atoms with Crippen molar-refractivity contribution >= 4 is 0 Å². The zero-order chi connectivity index (χ0) is 13.1. The highest BCUT2D eigenvalue weighted by molar-refractivity contribution is 5.10. The van der Waals surface area contributed by atoms with Gasteiger partial charge in [-0.15, -0.1) is 0 Å². The number of nitrogens with zero attached hydrogens (tertiary/aromatic N) is 2. The fourth-order valence-electron chi connectivity index (χ4n) is 3.43. The van der Waals surface area contributed by atoms with Gasteiger partial charge in [-0.3, -0.25) is 4.90 Å². The Hall–Kier alpha value is -0.590. The summed E-state index contributed by atoms with van der Waals surface area (Å²) >= 11 is 0. The van der Waals surface area contributed by atoms with Crippen LogP contribution in [0.15, 0.2) is 0 Å². The average Bonchev–Trinajstić information content (AvgIpc) is 2.69. The van der Waals surface area contributed by atoms with Crippen LogP contribution in [0.5, 0.6) is 0 Å². The van der Waals surface area contributed by atoms with Crippen molar-refractivity contribution in [3.8, 4) is 6.07 Å². The van der Waals surface area contributed by atoms with E-state index in [1.807, 2.05) is 0 Å². The number of nitrogens with one attached hydrogen (secondary N) is 1. The molecule has 1 unspecified atom stereocenters. The van der Waals surface area contributed by atoms with Crippen LogP contribution in [0.2, 0.25) is 0 Å². The zero-order valence-corrected chi connectivity index (χ0v) is 12.0. The third-order valence-corrected chi connectivity index (χ3v) is 4.81. The highest BCUT2D eigenvalue weighted by Crippen LogP contribution is 2.40. The molecule has 1 atom stereocenters. The second-order valence-corrected chi connectivity index (χ2v) is 6.75. The minimum absolute atomic E-state index is 0.181. The molecule has 3 heteroatoms. The molecule has 0 amide bonds. The third-order valence-electron chi connectivity index (χ3n) is 4.81. The van der Waals surface area contributed by atoms with E-state index in [1.165, 1.54) is 25.7 Å². The van der Waals surface area contributed by atoms with Crippen molar-refractivity contribution in [1.82, 2.24) is 10.2 Å². The predicted octanol–water partition coefficient (Wildman–Crippen LogP) is 2.53. The maximum Gasteiger partial charge on any atom is 0.109 e. The van der Waals surface area contributed by atoms with Crippen molar-refractivity contribution < 1.29 is 0 Å². The second-order valence-electron chi connectivity index (χ2n) is 6.75. The predicted molar refractivity (Wildman–Crippen MR) is 74.3 cm³/mol. The molecule has 1 heterocycles. The van der Waals surface area contributed by atoms with Crippen LogP contribution in [0.1, 0.15) is 52.4 Å². The zero-order valence-electron chi connectivity index (χ0n) is 12.0. The van der Waals surface area contributed by atoms with Crippen LogP contribution >= 0.6 is 0 Å². The summed E-state index contributed by atoms with van der Waals surface area (Å²) in [5.41, 5.74) is 0.239. The molecule has 0 spiro atoms. The topological polar surface area (TPSA) is 39.1 Å². The Morgan fingerprint density at radius 2 is 1.83 bits per heavy atom. The van der Waals surface area contributed by atoms with E-state index in [-0.39, 0.29) is 5.54 Å². The summed E-state index contributed by atoms with van der Waals surface area (Å²) in [7, 11) is 0. The molecule has 102 valence electrons. The van der Waals surface area contributed by atoms with Gasteiger partial charge in [0.05, 0.1) is 6.07 Å². The second kappa shape index (κ2) is 5.59. The third kappa shape index (κ3) is 3.05. The molecular formula is C15H27N3. The Balaban J connectivity index is 2.11. The van der Waals surface area contributed by atoms with Gasteiger partial charge in [0, 0.05) is 19.6 Å². The number of hydrogen-bond acceptors (Lipinski definition) is 3. The summed E-state index contributed by atoms with van der Waals surface area (Å²) in [6.07, 6.45) is 6.94. The van der Waals surface area contributed by atoms with Gasteiger partial charge >= 0.3 is 0 Å². The fraction of sp³-hybridized carbons (Fsp3) is 0.933. The Morgan fingerprint density at radius 1 is 1.00 bits per heavy atom. The molecule has 2 aliphatic rings. The van der Waals surface area contributed by atoms with Gasteiger partial charge in [-0.25, -0.2) is 0 Å². The summed E-state index contributed by atoms with van der Waals surface area (Å²) < 4.78 is 0. The van der Waals surface area contributed by atoms with Crippen LogP contribution in [0.25, 0.3) is 0 Å². The maximum atomic E-state index is 9.77. The molecule has 1 aliphatic heterocycles. The van der Waals surface area contributed by atoms with Gasteiger partial charge in [0.25, 0.3) is 0 Å². The van der Waals surface area contributed by atoms with E-state index in [9.17, 15) is 5.26 Å². The lowest BCUT2D eigenvalue weighted by Crippen LogP contribution is -2.49. The maximum absolute atomic E-state index is 9.77. The van der Waals surface area contributed by atoms with Crippen LogP contribution in [0, 0.1) is 16.7 Å². The molecule has 2 fully saturated rings. The van der Waals surface area contributed by atoms with Gasteiger partial charge in [-0.2, -0.15) is 5.26 Å².